The summed E-state index contributed by atoms with van der Waals surface area (Å²) in [4.78, 5) is 12.2. The highest BCUT2D eigenvalue weighted by Gasteiger charge is 2.08. The number of nitrogens with one attached hydrogen (secondary N) is 2. The lowest BCUT2D eigenvalue weighted by atomic mass is 10.1. The molecule has 0 saturated carbocycles. The van der Waals surface area contributed by atoms with Gasteiger partial charge >= 0.3 is 0 Å². The Balaban J connectivity index is 2.08. The second-order valence-electron chi connectivity index (χ2n) is 4.79. The summed E-state index contributed by atoms with van der Waals surface area (Å²) in [7, 11) is 0. The van der Waals surface area contributed by atoms with Gasteiger partial charge in [0, 0.05) is 5.56 Å². The van der Waals surface area contributed by atoms with E-state index in [1.165, 1.54) is 0 Å². The van der Waals surface area contributed by atoms with Crippen LogP contribution in [0.3, 0.4) is 0 Å². The van der Waals surface area contributed by atoms with E-state index in [9.17, 15) is 4.79 Å². The molecule has 0 unspecified atom stereocenters. The van der Waals surface area contributed by atoms with Crippen LogP contribution in [-0.4, -0.2) is 5.91 Å². The van der Waals surface area contributed by atoms with Crippen LogP contribution in [-0.2, 0) is 0 Å². The molecule has 0 radical (unpaired) electrons. The number of rotatable bonds is 5. The topological polar surface area (TPSA) is 41.1 Å². The van der Waals surface area contributed by atoms with Gasteiger partial charge in [0.1, 0.15) is 0 Å². The number of carbonyl (C=O) groups is 1. The molecule has 0 aromatic heterocycles. The number of hydrazine groups is 1. The molecule has 0 bridgehead atoms. The highest BCUT2D eigenvalue weighted by Crippen LogP contribution is 2.11. The SMILES string of the molecule is CC/C=C(\NNC(=O)c1ccccc1C)c1ccccc1. The third-order valence-corrected chi connectivity index (χ3v) is 3.19. The largest absolute Gasteiger partial charge is 0.298 e. The van der Waals surface area contributed by atoms with Crippen LogP contribution in [0.2, 0.25) is 0 Å². The Labute approximate surface area is 125 Å². The van der Waals surface area contributed by atoms with Gasteiger partial charge in [-0.3, -0.25) is 15.6 Å². The van der Waals surface area contributed by atoms with E-state index in [0.717, 1.165) is 23.2 Å². The third kappa shape index (κ3) is 3.96. The van der Waals surface area contributed by atoms with Gasteiger partial charge in [0.2, 0.25) is 0 Å². The van der Waals surface area contributed by atoms with Crippen molar-refractivity contribution in [3.8, 4) is 0 Å². The number of carbonyl (C=O) groups excluding carboxylic acids is 1. The van der Waals surface area contributed by atoms with Crippen molar-refractivity contribution in [2.45, 2.75) is 20.3 Å². The van der Waals surface area contributed by atoms with E-state index in [4.69, 9.17) is 0 Å². The normalized spacial score (nSPS) is 11.0. The monoisotopic (exact) mass is 280 g/mol. The predicted octanol–water partition coefficient (Wildman–Crippen LogP) is 3.68. The first-order valence-corrected chi connectivity index (χ1v) is 7.10. The Hall–Kier alpha value is -2.55. The molecule has 0 aliphatic rings. The summed E-state index contributed by atoms with van der Waals surface area (Å²) in [6.45, 7) is 3.99. The predicted molar refractivity (Wildman–Crippen MR) is 86.5 cm³/mol. The van der Waals surface area contributed by atoms with E-state index in [1.807, 2.05) is 67.6 Å². The molecule has 2 N–H and O–H groups in total. The minimum atomic E-state index is -0.133. The minimum absolute atomic E-state index is 0.133. The summed E-state index contributed by atoms with van der Waals surface area (Å²) in [5.41, 5.74) is 9.37. The Bertz CT molecular complexity index is 633. The molecule has 3 heteroatoms. The smallest absolute Gasteiger partial charge is 0.269 e. The Morgan fingerprint density at radius 3 is 2.33 bits per heavy atom. The van der Waals surface area contributed by atoms with Crippen molar-refractivity contribution >= 4 is 11.6 Å². The molecule has 1 amide bonds. The lowest BCUT2D eigenvalue weighted by molar-refractivity contribution is 0.0942. The number of allylic oxidation sites excluding steroid dienone is 1. The molecule has 0 aliphatic carbocycles. The number of amides is 1. The molecule has 2 aromatic carbocycles. The molecule has 108 valence electrons. The van der Waals surface area contributed by atoms with Gasteiger partial charge in [-0.25, -0.2) is 0 Å². The highest BCUT2D eigenvalue weighted by molar-refractivity contribution is 5.95. The molecule has 0 aliphatic heterocycles. The average molecular weight is 280 g/mol. The molecular weight excluding hydrogens is 260 g/mol. The van der Waals surface area contributed by atoms with Gasteiger partial charge in [0.25, 0.3) is 5.91 Å². The second-order valence-corrected chi connectivity index (χ2v) is 4.79. The third-order valence-electron chi connectivity index (χ3n) is 3.19. The fraction of sp³-hybridized carbons (Fsp3) is 0.167. The van der Waals surface area contributed by atoms with Gasteiger partial charge in [-0.1, -0.05) is 61.5 Å². The zero-order valence-electron chi connectivity index (χ0n) is 12.4. The highest BCUT2D eigenvalue weighted by atomic mass is 16.2. The summed E-state index contributed by atoms with van der Waals surface area (Å²) in [5, 5.41) is 0. The summed E-state index contributed by atoms with van der Waals surface area (Å²) < 4.78 is 0. The van der Waals surface area contributed by atoms with E-state index in [1.54, 1.807) is 0 Å². The van der Waals surface area contributed by atoms with Crippen LogP contribution in [0.15, 0.2) is 60.7 Å². The van der Waals surface area contributed by atoms with Crippen LogP contribution in [0, 0.1) is 6.92 Å². The van der Waals surface area contributed by atoms with Crippen molar-refractivity contribution in [1.82, 2.24) is 10.9 Å². The van der Waals surface area contributed by atoms with Crippen molar-refractivity contribution < 1.29 is 4.79 Å². The summed E-state index contributed by atoms with van der Waals surface area (Å²) in [5.74, 6) is -0.133. The van der Waals surface area contributed by atoms with Crippen LogP contribution >= 0.6 is 0 Å². The van der Waals surface area contributed by atoms with E-state index in [0.29, 0.717) is 5.56 Å². The molecule has 2 aromatic rings. The molecule has 0 atom stereocenters. The number of benzene rings is 2. The van der Waals surface area contributed by atoms with Crippen molar-refractivity contribution in [1.29, 1.82) is 0 Å². The maximum Gasteiger partial charge on any atom is 0.269 e. The quantitative estimate of drug-likeness (QED) is 0.820. The second kappa shape index (κ2) is 7.29. The van der Waals surface area contributed by atoms with Gasteiger partial charge in [-0.05, 0) is 30.5 Å². The van der Waals surface area contributed by atoms with Crippen LogP contribution < -0.4 is 10.9 Å². The first-order valence-electron chi connectivity index (χ1n) is 7.10. The average Bonchev–Trinajstić information content (AvgIpc) is 2.52. The lowest BCUT2D eigenvalue weighted by Gasteiger charge is -2.13. The maximum absolute atomic E-state index is 12.2. The first kappa shape index (κ1) is 14.9. The van der Waals surface area contributed by atoms with Crippen molar-refractivity contribution in [2.24, 2.45) is 0 Å². The zero-order valence-corrected chi connectivity index (χ0v) is 12.4. The standard InChI is InChI=1S/C18H20N2O/c1-3-9-17(15-11-5-4-6-12-15)19-20-18(21)16-13-8-7-10-14(16)2/h4-13,19H,3H2,1-2H3,(H,20,21)/b17-9-. The fourth-order valence-electron chi connectivity index (χ4n) is 2.08. The molecule has 0 heterocycles. The van der Waals surface area contributed by atoms with Crippen LogP contribution in [0.1, 0.15) is 34.8 Å². The molecule has 0 fully saturated rings. The number of aryl methyl sites for hydroxylation is 1. The lowest BCUT2D eigenvalue weighted by Crippen LogP contribution is -2.36. The van der Waals surface area contributed by atoms with Crippen LogP contribution in [0.25, 0.3) is 5.70 Å². The van der Waals surface area contributed by atoms with Gasteiger partial charge in [0.05, 0.1) is 5.70 Å². The molecule has 0 saturated heterocycles. The minimum Gasteiger partial charge on any atom is -0.298 e. The van der Waals surface area contributed by atoms with Gasteiger partial charge in [-0.2, -0.15) is 0 Å². The van der Waals surface area contributed by atoms with E-state index >= 15 is 0 Å². The van der Waals surface area contributed by atoms with Gasteiger partial charge in [0.15, 0.2) is 0 Å². The molecule has 2 rings (SSSR count). The summed E-state index contributed by atoms with van der Waals surface area (Å²) >= 11 is 0. The molecular formula is C18H20N2O. The van der Waals surface area contributed by atoms with Crippen molar-refractivity contribution in [3.05, 3.63) is 77.4 Å². The van der Waals surface area contributed by atoms with Crippen LogP contribution in [0.5, 0.6) is 0 Å². The number of hydrogen-bond donors (Lipinski definition) is 2. The van der Waals surface area contributed by atoms with Crippen molar-refractivity contribution in [3.63, 3.8) is 0 Å². The Morgan fingerprint density at radius 1 is 1.00 bits per heavy atom. The van der Waals surface area contributed by atoms with E-state index in [2.05, 4.69) is 17.8 Å². The Morgan fingerprint density at radius 2 is 1.67 bits per heavy atom. The molecule has 0 spiro atoms. The van der Waals surface area contributed by atoms with E-state index < -0.39 is 0 Å². The Kier molecular flexibility index (Phi) is 5.16. The summed E-state index contributed by atoms with van der Waals surface area (Å²) in [6, 6.07) is 17.5. The van der Waals surface area contributed by atoms with Crippen LogP contribution in [0.4, 0.5) is 0 Å². The maximum atomic E-state index is 12.2. The van der Waals surface area contributed by atoms with Gasteiger partial charge < -0.3 is 0 Å². The zero-order chi connectivity index (χ0) is 15.1. The first-order chi connectivity index (χ1) is 10.2. The van der Waals surface area contributed by atoms with Gasteiger partial charge in [-0.15, -0.1) is 0 Å². The fourth-order valence-corrected chi connectivity index (χ4v) is 2.08. The molecule has 21 heavy (non-hydrogen) atoms. The molecule has 3 nitrogen and oxygen atoms in total. The number of hydrogen-bond acceptors (Lipinski definition) is 2. The van der Waals surface area contributed by atoms with E-state index in [-0.39, 0.29) is 5.91 Å². The van der Waals surface area contributed by atoms with Crippen molar-refractivity contribution in [2.75, 3.05) is 0 Å². The summed E-state index contributed by atoms with van der Waals surface area (Å²) in [6.07, 6.45) is 2.94.